The van der Waals surface area contributed by atoms with Gasteiger partial charge >= 0.3 is 0 Å². The molecule has 0 unspecified atom stereocenters. The molecule has 9 aromatic carbocycles. The molecule has 1 aliphatic heterocycles. The van der Waals surface area contributed by atoms with Gasteiger partial charge in [0.05, 0.1) is 27.3 Å². The average Bonchev–Trinajstić information content (AvgIpc) is 3.59. The molecule has 5 heteroatoms. The maximum atomic E-state index is 6.88. The lowest BCUT2D eigenvalue weighted by atomic mass is 9.66. The minimum atomic E-state index is -1.54. The van der Waals surface area contributed by atoms with Gasteiger partial charge in [0.25, 0.3) is 0 Å². The molecule has 1 heterocycles. The molecule has 0 amide bonds. The summed E-state index contributed by atoms with van der Waals surface area (Å²) in [6.07, 6.45) is 0. The number of nitrogens with zero attached hydrogens (tertiary/aromatic N) is 2. The highest BCUT2D eigenvalue weighted by Gasteiger charge is 2.52. The second kappa shape index (κ2) is 15.1. The quantitative estimate of drug-likeness (QED) is 0.142. The number of para-hydroxylation sites is 4. The van der Waals surface area contributed by atoms with Gasteiger partial charge in [0.1, 0.15) is 11.5 Å². The van der Waals surface area contributed by atoms with Crippen LogP contribution in [0, 0.1) is 0 Å². The standard InChI is InChI=1S/C59H52N2OSi2/c1-63(2,3)46-34-29-43(30-35-46)60(41-19-9-7-10-20-41)45-33-38-50-53(39-45)59(51-25-15-17-27-56(51)62-57-28-18-16-26-52(57)59)54-40-55(48-23-13-14-24-49(48)58(50)54)61(42-21-11-8-12-22-42)44-31-36-47(37-32-44)64(4,5)6/h7-40H,1-6H3. The van der Waals surface area contributed by atoms with Crippen LogP contribution in [0.4, 0.5) is 34.1 Å². The first-order valence-corrected chi connectivity index (χ1v) is 29.5. The van der Waals surface area contributed by atoms with Gasteiger partial charge in [-0.15, -0.1) is 0 Å². The van der Waals surface area contributed by atoms with Crippen molar-refractivity contribution in [1.29, 1.82) is 0 Å². The van der Waals surface area contributed by atoms with Crippen molar-refractivity contribution in [3.05, 3.63) is 229 Å². The Kier molecular flexibility index (Phi) is 9.42. The van der Waals surface area contributed by atoms with E-state index in [0.717, 1.165) is 56.8 Å². The predicted octanol–water partition coefficient (Wildman–Crippen LogP) is 15.3. The van der Waals surface area contributed by atoms with Gasteiger partial charge in [-0.3, -0.25) is 0 Å². The van der Waals surface area contributed by atoms with E-state index in [0.29, 0.717) is 0 Å². The molecule has 11 rings (SSSR count). The van der Waals surface area contributed by atoms with E-state index in [2.05, 4.69) is 255 Å². The fourth-order valence-electron chi connectivity index (χ4n) is 10.3. The van der Waals surface area contributed by atoms with Gasteiger partial charge in [0.2, 0.25) is 0 Å². The highest BCUT2D eigenvalue weighted by molar-refractivity contribution is 6.89. The van der Waals surface area contributed by atoms with Crippen molar-refractivity contribution >= 4 is 71.4 Å². The molecule has 3 nitrogen and oxygen atoms in total. The number of benzene rings is 9. The molecule has 0 fully saturated rings. The highest BCUT2D eigenvalue weighted by Crippen LogP contribution is 2.65. The first-order valence-electron chi connectivity index (χ1n) is 22.5. The first-order chi connectivity index (χ1) is 31.0. The molecule has 0 atom stereocenters. The van der Waals surface area contributed by atoms with E-state index in [9.17, 15) is 0 Å². The zero-order chi connectivity index (χ0) is 43.8. The molecule has 0 saturated carbocycles. The summed E-state index contributed by atoms with van der Waals surface area (Å²) < 4.78 is 6.88. The molecule has 1 spiro atoms. The molecule has 0 bridgehead atoms. The molecule has 0 saturated heterocycles. The minimum absolute atomic E-state index is 0.709. The van der Waals surface area contributed by atoms with E-state index in [1.54, 1.807) is 0 Å². The van der Waals surface area contributed by atoms with Crippen LogP contribution < -0.4 is 24.9 Å². The van der Waals surface area contributed by atoms with E-state index in [-0.39, 0.29) is 0 Å². The van der Waals surface area contributed by atoms with Gasteiger partial charge in [0.15, 0.2) is 0 Å². The van der Waals surface area contributed by atoms with Gasteiger partial charge in [-0.1, -0.05) is 177 Å². The summed E-state index contributed by atoms with van der Waals surface area (Å²) in [6.45, 7) is 14.5. The minimum Gasteiger partial charge on any atom is -0.457 e. The third-order valence-corrected chi connectivity index (χ3v) is 17.5. The number of rotatable bonds is 8. The van der Waals surface area contributed by atoms with Crippen molar-refractivity contribution in [2.75, 3.05) is 9.80 Å². The van der Waals surface area contributed by atoms with Crippen LogP contribution in [0.1, 0.15) is 22.3 Å². The monoisotopic (exact) mass is 860 g/mol. The van der Waals surface area contributed by atoms with Crippen molar-refractivity contribution in [3.8, 4) is 22.6 Å². The van der Waals surface area contributed by atoms with E-state index in [4.69, 9.17) is 4.74 Å². The largest absolute Gasteiger partial charge is 0.457 e. The summed E-state index contributed by atoms with van der Waals surface area (Å²) >= 11 is 0. The average molecular weight is 861 g/mol. The maximum Gasteiger partial charge on any atom is 0.132 e. The summed E-state index contributed by atoms with van der Waals surface area (Å²) in [7, 11) is -3.05. The fourth-order valence-corrected chi connectivity index (χ4v) is 12.6. The zero-order valence-corrected chi connectivity index (χ0v) is 39.4. The number of hydrogen-bond acceptors (Lipinski definition) is 3. The van der Waals surface area contributed by atoms with E-state index in [1.165, 1.54) is 43.4 Å². The Balaban J connectivity index is 1.23. The molecule has 0 radical (unpaired) electrons. The Hall–Kier alpha value is -6.93. The van der Waals surface area contributed by atoms with E-state index < -0.39 is 21.6 Å². The molecule has 2 aliphatic rings. The Morgan fingerprint density at radius 2 is 0.797 bits per heavy atom. The molecule has 0 N–H and O–H groups in total. The van der Waals surface area contributed by atoms with Crippen LogP contribution in [0.2, 0.25) is 39.3 Å². The van der Waals surface area contributed by atoms with E-state index >= 15 is 0 Å². The number of fused-ring (bicyclic) bond motifs is 11. The zero-order valence-electron chi connectivity index (χ0n) is 37.4. The molecule has 312 valence electrons. The number of hydrogen-bond donors (Lipinski definition) is 0. The van der Waals surface area contributed by atoms with Gasteiger partial charge in [-0.05, 0) is 107 Å². The van der Waals surface area contributed by atoms with Crippen molar-refractivity contribution < 1.29 is 4.74 Å². The van der Waals surface area contributed by atoms with Crippen LogP contribution in [0.5, 0.6) is 11.5 Å². The van der Waals surface area contributed by atoms with E-state index in [1.807, 2.05) is 0 Å². The molecule has 64 heavy (non-hydrogen) atoms. The van der Waals surface area contributed by atoms with Gasteiger partial charge < -0.3 is 14.5 Å². The highest BCUT2D eigenvalue weighted by atomic mass is 28.3. The second-order valence-corrected chi connectivity index (χ2v) is 29.5. The predicted molar refractivity (Wildman–Crippen MR) is 277 cm³/mol. The summed E-state index contributed by atoms with van der Waals surface area (Å²) in [4.78, 5) is 4.89. The van der Waals surface area contributed by atoms with Gasteiger partial charge in [-0.2, -0.15) is 0 Å². The number of anilines is 6. The van der Waals surface area contributed by atoms with Crippen LogP contribution in [0.3, 0.4) is 0 Å². The normalized spacial score (nSPS) is 13.4. The molecular formula is C59H52N2OSi2. The van der Waals surface area contributed by atoms with Crippen LogP contribution in [0.25, 0.3) is 21.9 Å². The van der Waals surface area contributed by atoms with Crippen molar-refractivity contribution in [2.45, 2.75) is 44.7 Å². The van der Waals surface area contributed by atoms with Crippen LogP contribution in [-0.2, 0) is 5.41 Å². The molecular weight excluding hydrogens is 809 g/mol. The fraction of sp³-hybridized carbons (Fsp3) is 0.119. The Morgan fingerprint density at radius 3 is 1.34 bits per heavy atom. The Morgan fingerprint density at radius 1 is 0.359 bits per heavy atom. The van der Waals surface area contributed by atoms with Crippen LogP contribution in [-0.4, -0.2) is 16.1 Å². The van der Waals surface area contributed by atoms with Gasteiger partial charge in [-0.25, -0.2) is 0 Å². The topological polar surface area (TPSA) is 15.7 Å². The SMILES string of the molecule is C[Si](C)(C)c1ccc(N(c2ccccc2)c2ccc3c(c2)C2(c4ccccc4Oc4ccccc42)c2cc(N(c4ccccc4)c4ccc([Si](C)(C)C)cc4)c4ccccc4c2-3)cc1. The van der Waals surface area contributed by atoms with Crippen molar-refractivity contribution in [2.24, 2.45) is 0 Å². The first kappa shape index (κ1) is 39.9. The third kappa shape index (κ3) is 6.36. The van der Waals surface area contributed by atoms with Crippen LogP contribution in [0.15, 0.2) is 206 Å². The van der Waals surface area contributed by atoms with Gasteiger partial charge in [0, 0.05) is 45.0 Å². The maximum absolute atomic E-state index is 6.88. The lowest BCUT2D eigenvalue weighted by Gasteiger charge is -2.40. The summed E-state index contributed by atoms with van der Waals surface area (Å²) in [6, 6.07) is 76.5. The van der Waals surface area contributed by atoms with Crippen molar-refractivity contribution in [3.63, 3.8) is 0 Å². The summed E-state index contributed by atoms with van der Waals surface area (Å²) in [5, 5.41) is 5.32. The number of ether oxygens (including phenoxy) is 1. The second-order valence-electron chi connectivity index (χ2n) is 19.4. The smallest absolute Gasteiger partial charge is 0.132 e. The van der Waals surface area contributed by atoms with Crippen molar-refractivity contribution in [1.82, 2.24) is 0 Å². The summed E-state index contributed by atoms with van der Waals surface area (Å²) in [5.41, 5.74) is 13.3. The lowest BCUT2D eigenvalue weighted by Crippen LogP contribution is -2.37. The molecule has 1 aliphatic carbocycles. The lowest BCUT2D eigenvalue weighted by molar-refractivity contribution is 0.436. The third-order valence-electron chi connectivity index (χ3n) is 13.4. The molecule has 0 aromatic heterocycles. The van der Waals surface area contributed by atoms with Crippen LogP contribution >= 0.6 is 0 Å². The Bertz CT molecular complexity index is 3160. The molecule has 9 aromatic rings. The summed E-state index contributed by atoms with van der Waals surface area (Å²) in [5.74, 6) is 1.76. The Labute approximate surface area is 379 Å².